The van der Waals surface area contributed by atoms with E-state index in [1.165, 1.54) is 180 Å². The summed E-state index contributed by atoms with van der Waals surface area (Å²) < 4.78 is 16.8. The van der Waals surface area contributed by atoms with Crippen molar-refractivity contribution in [2.45, 2.75) is 298 Å². The minimum absolute atomic E-state index is 0.0645. The van der Waals surface area contributed by atoms with Crippen LogP contribution < -0.4 is 0 Å². The summed E-state index contributed by atoms with van der Waals surface area (Å²) >= 11 is 0. The van der Waals surface area contributed by atoms with Gasteiger partial charge in [0.1, 0.15) is 13.2 Å². The van der Waals surface area contributed by atoms with Crippen molar-refractivity contribution in [2.24, 2.45) is 11.8 Å². The largest absolute Gasteiger partial charge is 0.462 e. The Morgan fingerprint density at radius 1 is 0.356 bits per heavy atom. The van der Waals surface area contributed by atoms with Gasteiger partial charge in [0.25, 0.3) is 0 Å². The SMILES string of the molecule is CCCCCCCCCCCCC(=O)OC[C@@H](COC(=O)CCCCCCCCCCCCCCCCCCCCC(C)C)OC(=O)CCCCCCCCC(C)CC. The van der Waals surface area contributed by atoms with E-state index in [-0.39, 0.29) is 31.1 Å². The number of ether oxygens (including phenoxy) is 3. The lowest BCUT2D eigenvalue weighted by Crippen LogP contribution is -2.30. The lowest BCUT2D eigenvalue weighted by atomic mass is 10.00. The van der Waals surface area contributed by atoms with Crippen molar-refractivity contribution < 1.29 is 28.6 Å². The van der Waals surface area contributed by atoms with E-state index in [1.54, 1.807) is 0 Å². The molecule has 0 spiro atoms. The molecule has 350 valence electrons. The van der Waals surface area contributed by atoms with Crippen molar-refractivity contribution in [1.29, 1.82) is 0 Å². The molecule has 0 aromatic rings. The van der Waals surface area contributed by atoms with Crippen molar-refractivity contribution in [3.05, 3.63) is 0 Å². The van der Waals surface area contributed by atoms with Crippen molar-refractivity contribution in [1.82, 2.24) is 0 Å². The second-order valence-corrected chi connectivity index (χ2v) is 18.9. The molecule has 1 unspecified atom stereocenters. The molecule has 6 heteroatoms. The summed E-state index contributed by atoms with van der Waals surface area (Å²) in [5.41, 5.74) is 0. The van der Waals surface area contributed by atoms with Crippen LogP contribution in [0.15, 0.2) is 0 Å². The standard InChI is InChI=1S/C53H102O6/c1-6-8-9-10-11-12-24-27-33-38-43-51(54)57-46-50(59-53(56)45-40-35-30-29-32-37-42-49(5)7-2)47-58-52(55)44-39-34-28-25-22-20-18-16-14-13-15-17-19-21-23-26-31-36-41-48(3)4/h48-50H,6-47H2,1-5H3/t49?,50-/m0/s1. The van der Waals surface area contributed by atoms with Gasteiger partial charge in [0.15, 0.2) is 6.10 Å². The van der Waals surface area contributed by atoms with Gasteiger partial charge in [-0.2, -0.15) is 0 Å². The molecule has 0 saturated carbocycles. The zero-order chi connectivity index (χ0) is 43.3. The Morgan fingerprint density at radius 2 is 0.644 bits per heavy atom. The van der Waals surface area contributed by atoms with Crippen LogP contribution >= 0.6 is 0 Å². The van der Waals surface area contributed by atoms with Crippen molar-refractivity contribution in [2.75, 3.05) is 13.2 Å². The molecule has 0 aliphatic heterocycles. The highest BCUT2D eigenvalue weighted by atomic mass is 16.6. The van der Waals surface area contributed by atoms with Gasteiger partial charge in [0, 0.05) is 19.3 Å². The normalized spacial score (nSPS) is 12.5. The van der Waals surface area contributed by atoms with Crippen LogP contribution in [0.4, 0.5) is 0 Å². The van der Waals surface area contributed by atoms with Gasteiger partial charge in [0.05, 0.1) is 0 Å². The van der Waals surface area contributed by atoms with Gasteiger partial charge in [-0.15, -0.1) is 0 Å². The molecule has 6 nitrogen and oxygen atoms in total. The van der Waals surface area contributed by atoms with E-state index in [4.69, 9.17) is 14.2 Å². The molecule has 0 N–H and O–H groups in total. The average molecular weight is 835 g/mol. The fourth-order valence-corrected chi connectivity index (χ4v) is 7.96. The number of hydrogen-bond donors (Lipinski definition) is 0. The summed E-state index contributed by atoms with van der Waals surface area (Å²) in [6.45, 7) is 11.4. The number of esters is 3. The summed E-state index contributed by atoms with van der Waals surface area (Å²) in [6, 6.07) is 0. The first-order valence-electron chi connectivity index (χ1n) is 26.3. The minimum atomic E-state index is -0.761. The van der Waals surface area contributed by atoms with Crippen LogP contribution in [-0.2, 0) is 28.6 Å². The lowest BCUT2D eigenvalue weighted by Gasteiger charge is -2.18. The smallest absolute Gasteiger partial charge is 0.306 e. The molecule has 0 aromatic heterocycles. The molecule has 0 fully saturated rings. The number of carbonyl (C=O) groups is 3. The zero-order valence-corrected chi connectivity index (χ0v) is 40.4. The van der Waals surface area contributed by atoms with Gasteiger partial charge in [-0.05, 0) is 31.1 Å². The molecule has 59 heavy (non-hydrogen) atoms. The van der Waals surface area contributed by atoms with Crippen molar-refractivity contribution in [3.8, 4) is 0 Å². The van der Waals surface area contributed by atoms with E-state index >= 15 is 0 Å². The predicted molar refractivity (Wildman–Crippen MR) is 252 cm³/mol. The third-order valence-electron chi connectivity index (χ3n) is 12.3. The monoisotopic (exact) mass is 835 g/mol. The van der Waals surface area contributed by atoms with E-state index in [9.17, 15) is 14.4 Å². The second-order valence-electron chi connectivity index (χ2n) is 18.9. The third-order valence-corrected chi connectivity index (χ3v) is 12.3. The number of hydrogen-bond acceptors (Lipinski definition) is 6. The first-order valence-corrected chi connectivity index (χ1v) is 26.3. The van der Waals surface area contributed by atoms with E-state index < -0.39 is 6.10 Å². The Bertz CT molecular complexity index is 902. The maximum Gasteiger partial charge on any atom is 0.306 e. The molecule has 0 aromatic carbocycles. The maximum atomic E-state index is 12.7. The highest BCUT2D eigenvalue weighted by Crippen LogP contribution is 2.18. The third kappa shape index (κ3) is 45.8. The second kappa shape index (κ2) is 45.9. The van der Waals surface area contributed by atoms with Crippen LogP contribution in [0.2, 0.25) is 0 Å². The summed E-state index contributed by atoms with van der Waals surface area (Å²) in [7, 11) is 0. The lowest BCUT2D eigenvalue weighted by molar-refractivity contribution is -0.167. The predicted octanol–water partition coefficient (Wildman–Crippen LogP) is 16.9. The molecule has 2 atom stereocenters. The van der Waals surface area contributed by atoms with Crippen molar-refractivity contribution >= 4 is 17.9 Å². The zero-order valence-electron chi connectivity index (χ0n) is 40.4. The molecule has 0 bridgehead atoms. The molecule has 0 heterocycles. The number of carbonyl (C=O) groups excluding carboxylic acids is 3. The Kier molecular flexibility index (Phi) is 44.7. The Hall–Kier alpha value is -1.59. The Balaban J connectivity index is 4.17. The molecule has 0 aliphatic rings. The van der Waals surface area contributed by atoms with E-state index in [0.717, 1.165) is 69.6 Å². The molecule has 0 saturated heterocycles. The topological polar surface area (TPSA) is 78.9 Å². The summed E-state index contributed by atoms with van der Waals surface area (Å²) in [6.07, 6.45) is 46.7. The van der Waals surface area contributed by atoms with E-state index in [2.05, 4.69) is 34.6 Å². The van der Waals surface area contributed by atoms with Crippen LogP contribution in [-0.4, -0.2) is 37.2 Å². The fourth-order valence-electron chi connectivity index (χ4n) is 7.96. The van der Waals surface area contributed by atoms with Crippen LogP contribution in [0.5, 0.6) is 0 Å². The molecule has 0 rings (SSSR count). The highest BCUT2D eigenvalue weighted by Gasteiger charge is 2.19. The molecule has 0 aliphatic carbocycles. The minimum Gasteiger partial charge on any atom is -0.462 e. The van der Waals surface area contributed by atoms with Crippen LogP contribution in [0, 0.1) is 11.8 Å². The quantitative estimate of drug-likeness (QED) is 0.0345. The van der Waals surface area contributed by atoms with Gasteiger partial charge in [0.2, 0.25) is 0 Å². The molecular weight excluding hydrogens is 733 g/mol. The summed E-state index contributed by atoms with van der Waals surface area (Å²) in [5.74, 6) is 0.816. The maximum absolute atomic E-state index is 12.7. The van der Waals surface area contributed by atoms with Crippen LogP contribution in [0.25, 0.3) is 0 Å². The Morgan fingerprint density at radius 3 is 0.966 bits per heavy atom. The highest BCUT2D eigenvalue weighted by molar-refractivity contribution is 5.71. The van der Waals surface area contributed by atoms with Gasteiger partial charge in [-0.3, -0.25) is 14.4 Å². The first-order chi connectivity index (χ1) is 28.8. The van der Waals surface area contributed by atoms with Gasteiger partial charge >= 0.3 is 17.9 Å². The Labute approximate surface area is 368 Å². The molecular formula is C53H102O6. The van der Waals surface area contributed by atoms with Gasteiger partial charge in [-0.1, -0.05) is 253 Å². The van der Waals surface area contributed by atoms with Gasteiger partial charge in [-0.25, -0.2) is 0 Å². The van der Waals surface area contributed by atoms with Crippen molar-refractivity contribution in [3.63, 3.8) is 0 Å². The summed E-state index contributed by atoms with van der Waals surface area (Å²) in [4.78, 5) is 37.8. The summed E-state index contributed by atoms with van der Waals surface area (Å²) in [5, 5.41) is 0. The first kappa shape index (κ1) is 57.4. The van der Waals surface area contributed by atoms with Crippen LogP contribution in [0.1, 0.15) is 291 Å². The fraction of sp³-hybridized carbons (Fsp3) is 0.943. The van der Waals surface area contributed by atoms with E-state index in [1.807, 2.05) is 0 Å². The van der Waals surface area contributed by atoms with Crippen LogP contribution in [0.3, 0.4) is 0 Å². The van der Waals surface area contributed by atoms with Gasteiger partial charge < -0.3 is 14.2 Å². The number of rotatable bonds is 47. The van der Waals surface area contributed by atoms with E-state index in [0.29, 0.717) is 19.3 Å². The average Bonchev–Trinajstić information content (AvgIpc) is 3.22. The number of unbranched alkanes of at least 4 members (excludes halogenated alkanes) is 31. The molecule has 0 amide bonds. The molecule has 0 radical (unpaired) electrons.